The van der Waals surface area contributed by atoms with Crippen LogP contribution in [-0.2, 0) is 16.1 Å². The molecule has 24 heavy (non-hydrogen) atoms. The summed E-state index contributed by atoms with van der Waals surface area (Å²) >= 11 is 0. The van der Waals surface area contributed by atoms with Crippen molar-refractivity contribution in [2.45, 2.75) is 64.6 Å². The summed E-state index contributed by atoms with van der Waals surface area (Å²) in [5, 5.41) is 12.6. The van der Waals surface area contributed by atoms with Gasteiger partial charge in [0.25, 0.3) is 5.56 Å². The normalized spacial score (nSPS) is 24.8. The molecule has 132 valence electrons. The zero-order valence-corrected chi connectivity index (χ0v) is 14.4. The Morgan fingerprint density at radius 1 is 1.42 bits per heavy atom. The lowest BCUT2D eigenvalue weighted by atomic mass is 9.60. The highest BCUT2D eigenvalue weighted by Crippen LogP contribution is 2.54. The molecule has 0 unspecified atom stereocenters. The van der Waals surface area contributed by atoms with Gasteiger partial charge in [0.1, 0.15) is 12.3 Å². The summed E-state index contributed by atoms with van der Waals surface area (Å²) < 4.78 is 7.25. The zero-order valence-electron chi connectivity index (χ0n) is 14.4. The van der Waals surface area contributed by atoms with Crippen molar-refractivity contribution in [3.8, 4) is 5.75 Å². The van der Waals surface area contributed by atoms with Crippen molar-refractivity contribution in [3.05, 3.63) is 28.2 Å². The molecular formula is C18H26N2O4. The van der Waals surface area contributed by atoms with E-state index < -0.39 is 0 Å². The van der Waals surface area contributed by atoms with Gasteiger partial charge in [-0.3, -0.25) is 9.59 Å². The summed E-state index contributed by atoms with van der Waals surface area (Å²) in [6.07, 6.45) is 5.66. The van der Waals surface area contributed by atoms with Gasteiger partial charge in [-0.2, -0.15) is 0 Å². The first-order valence-electron chi connectivity index (χ1n) is 8.77. The van der Waals surface area contributed by atoms with Crippen molar-refractivity contribution in [3.63, 3.8) is 0 Å². The summed E-state index contributed by atoms with van der Waals surface area (Å²) in [4.78, 5) is 24.4. The third-order valence-corrected chi connectivity index (χ3v) is 5.64. The molecule has 2 aliphatic carbocycles. The van der Waals surface area contributed by atoms with Crippen molar-refractivity contribution in [2.24, 2.45) is 5.41 Å². The maximum Gasteiger partial charge on any atom is 0.254 e. The summed E-state index contributed by atoms with van der Waals surface area (Å²) in [7, 11) is 0. The lowest BCUT2D eigenvalue weighted by Gasteiger charge is -2.54. The van der Waals surface area contributed by atoms with E-state index in [4.69, 9.17) is 4.74 Å². The Morgan fingerprint density at radius 2 is 2.12 bits per heavy atom. The molecule has 1 spiro atoms. The number of aryl methyl sites for hydroxylation is 1. The number of aromatic hydroxyl groups is 1. The average Bonchev–Trinajstić information content (AvgIpc) is 3.02. The number of ether oxygens (including phenoxy) is 1. The van der Waals surface area contributed by atoms with Gasteiger partial charge in [0, 0.05) is 29.8 Å². The van der Waals surface area contributed by atoms with Gasteiger partial charge < -0.3 is 19.7 Å². The molecule has 2 saturated carbocycles. The molecule has 0 radical (unpaired) electrons. The van der Waals surface area contributed by atoms with Crippen LogP contribution in [-0.4, -0.2) is 34.3 Å². The Hall–Kier alpha value is -1.82. The third kappa shape index (κ3) is 2.95. The number of nitrogens with zero attached hydrogens (tertiary/aromatic N) is 1. The van der Waals surface area contributed by atoms with Gasteiger partial charge in [-0.1, -0.05) is 12.8 Å². The van der Waals surface area contributed by atoms with Crippen LogP contribution in [0, 0.1) is 12.3 Å². The van der Waals surface area contributed by atoms with E-state index in [9.17, 15) is 14.7 Å². The van der Waals surface area contributed by atoms with E-state index in [0.29, 0.717) is 12.3 Å². The summed E-state index contributed by atoms with van der Waals surface area (Å²) in [5.41, 5.74) is 0.297. The van der Waals surface area contributed by atoms with Crippen molar-refractivity contribution in [2.75, 3.05) is 6.61 Å². The van der Waals surface area contributed by atoms with Gasteiger partial charge in [0.05, 0.1) is 6.10 Å². The van der Waals surface area contributed by atoms with Crippen LogP contribution in [0.3, 0.4) is 0 Å². The SMILES string of the molecule is CCO[C@@H]1C[C@H](NC(=O)Cn2c(C)cc(O)cc2=O)C12CCCC2. The molecule has 2 atom stereocenters. The molecule has 2 aliphatic rings. The molecule has 0 bridgehead atoms. The number of hydrogen-bond acceptors (Lipinski definition) is 4. The molecule has 0 aromatic carbocycles. The van der Waals surface area contributed by atoms with Gasteiger partial charge >= 0.3 is 0 Å². The fraction of sp³-hybridized carbons (Fsp3) is 0.667. The second-order valence-corrected chi connectivity index (χ2v) is 7.02. The summed E-state index contributed by atoms with van der Waals surface area (Å²) in [6, 6.07) is 2.76. The van der Waals surface area contributed by atoms with Crippen LogP contribution < -0.4 is 10.9 Å². The first-order valence-corrected chi connectivity index (χ1v) is 8.77. The molecule has 6 nitrogen and oxygen atoms in total. The monoisotopic (exact) mass is 334 g/mol. The Labute approximate surface area is 141 Å². The van der Waals surface area contributed by atoms with E-state index >= 15 is 0 Å². The Bertz CT molecular complexity index is 676. The Morgan fingerprint density at radius 3 is 2.75 bits per heavy atom. The largest absolute Gasteiger partial charge is 0.508 e. The second-order valence-electron chi connectivity index (χ2n) is 7.02. The second kappa shape index (κ2) is 6.59. The predicted molar refractivity (Wildman–Crippen MR) is 90.0 cm³/mol. The molecule has 1 heterocycles. The number of rotatable bonds is 5. The number of carbonyl (C=O) groups excluding carboxylic acids is 1. The van der Waals surface area contributed by atoms with Crippen molar-refractivity contribution in [1.29, 1.82) is 0 Å². The van der Waals surface area contributed by atoms with E-state index in [2.05, 4.69) is 5.32 Å². The predicted octanol–water partition coefficient (Wildman–Crippen LogP) is 1.72. The maximum absolute atomic E-state index is 12.4. The van der Waals surface area contributed by atoms with Gasteiger partial charge in [0.15, 0.2) is 0 Å². The van der Waals surface area contributed by atoms with Crippen LogP contribution in [0.5, 0.6) is 5.75 Å². The molecular weight excluding hydrogens is 308 g/mol. The van der Waals surface area contributed by atoms with E-state index in [1.165, 1.54) is 23.5 Å². The number of amides is 1. The van der Waals surface area contributed by atoms with Crippen LogP contribution in [0.1, 0.15) is 44.7 Å². The molecule has 3 rings (SSSR count). The van der Waals surface area contributed by atoms with Crippen molar-refractivity contribution >= 4 is 5.91 Å². The first-order chi connectivity index (χ1) is 11.5. The van der Waals surface area contributed by atoms with Gasteiger partial charge in [-0.15, -0.1) is 0 Å². The molecule has 0 aliphatic heterocycles. The lowest BCUT2D eigenvalue weighted by Crippen LogP contribution is -2.64. The van der Waals surface area contributed by atoms with E-state index in [1.807, 2.05) is 6.92 Å². The molecule has 6 heteroatoms. The van der Waals surface area contributed by atoms with Crippen LogP contribution in [0.25, 0.3) is 0 Å². The van der Waals surface area contributed by atoms with E-state index in [1.54, 1.807) is 6.92 Å². The molecule has 1 aromatic rings. The van der Waals surface area contributed by atoms with Crippen LogP contribution >= 0.6 is 0 Å². The maximum atomic E-state index is 12.4. The highest BCUT2D eigenvalue weighted by molar-refractivity contribution is 5.76. The smallest absolute Gasteiger partial charge is 0.254 e. The number of pyridine rings is 1. The Balaban J connectivity index is 1.67. The minimum atomic E-state index is -0.362. The fourth-order valence-electron chi connectivity index (χ4n) is 4.39. The lowest BCUT2D eigenvalue weighted by molar-refractivity contribution is -0.144. The third-order valence-electron chi connectivity index (χ3n) is 5.64. The minimum Gasteiger partial charge on any atom is -0.508 e. The quantitative estimate of drug-likeness (QED) is 0.859. The number of carbonyl (C=O) groups is 1. The minimum absolute atomic E-state index is 0.0170. The Kier molecular flexibility index (Phi) is 4.67. The topological polar surface area (TPSA) is 80.6 Å². The highest BCUT2D eigenvalue weighted by atomic mass is 16.5. The molecule has 2 fully saturated rings. The molecule has 0 saturated heterocycles. The van der Waals surface area contributed by atoms with Gasteiger partial charge in [0.2, 0.25) is 5.91 Å². The van der Waals surface area contributed by atoms with Crippen molar-refractivity contribution in [1.82, 2.24) is 9.88 Å². The summed E-state index contributed by atoms with van der Waals surface area (Å²) in [6.45, 7) is 4.40. The van der Waals surface area contributed by atoms with Crippen molar-refractivity contribution < 1.29 is 14.6 Å². The zero-order chi connectivity index (χ0) is 17.3. The first kappa shape index (κ1) is 17.0. The number of nitrogens with one attached hydrogen (secondary N) is 1. The fourth-order valence-corrected chi connectivity index (χ4v) is 4.39. The molecule has 2 N–H and O–H groups in total. The average molecular weight is 334 g/mol. The van der Waals surface area contributed by atoms with Gasteiger partial charge in [-0.25, -0.2) is 0 Å². The highest BCUT2D eigenvalue weighted by Gasteiger charge is 2.57. The van der Waals surface area contributed by atoms with Crippen LogP contribution in [0.2, 0.25) is 0 Å². The molecule has 1 aromatic heterocycles. The molecule has 1 amide bonds. The number of hydrogen-bond donors (Lipinski definition) is 2. The standard InChI is InChI=1S/C18H26N2O4/c1-3-24-15-10-14(18(15)6-4-5-7-18)19-16(22)11-20-12(2)8-13(21)9-17(20)23/h8-9,14-15,21H,3-7,10-11H2,1-2H3,(H,19,22)/t14-,15+/m0/s1. The van der Waals surface area contributed by atoms with Crippen LogP contribution in [0.4, 0.5) is 0 Å². The summed E-state index contributed by atoms with van der Waals surface area (Å²) in [5.74, 6) is -0.227. The number of aromatic nitrogens is 1. The van der Waals surface area contributed by atoms with Crippen LogP contribution in [0.15, 0.2) is 16.9 Å². The van der Waals surface area contributed by atoms with E-state index in [-0.39, 0.29) is 41.3 Å². The van der Waals surface area contributed by atoms with E-state index in [0.717, 1.165) is 25.3 Å². The van der Waals surface area contributed by atoms with Gasteiger partial charge in [-0.05, 0) is 39.2 Å².